The van der Waals surface area contributed by atoms with Gasteiger partial charge in [0.25, 0.3) is 5.91 Å². The molecule has 0 saturated heterocycles. The molecule has 0 unspecified atom stereocenters. The lowest BCUT2D eigenvalue weighted by Crippen LogP contribution is -2.27. The zero-order chi connectivity index (χ0) is 13.7. The van der Waals surface area contributed by atoms with E-state index in [1.165, 1.54) is 10.9 Å². The maximum absolute atomic E-state index is 11.9. The SMILES string of the molecule is COCCNC(=O)c1cnn(-c2ccccn2)c1N. The number of hydrogen-bond acceptors (Lipinski definition) is 5. The van der Waals surface area contributed by atoms with Crippen LogP contribution in [0.25, 0.3) is 5.82 Å². The third-order valence-electron chi connectivity index (χ3n) is 2.51. The van der Waals surface area contributed by atoms with Crippen LogP contribution in [0.15, 0.2) is 30.6 Å². The van der Waals surface area contributed by atoms with E-state index in [4.69, 9.17) is 10.5 Å². The van der Waals surface area contributed by atoms with Gasteiger partial charge in [-0.1, -0.05) is 6.07 Å². The number of nitrogens with two attached hydrogens (primary N) is 1. The Morgan fingerprint density at radius 3 is 3.05 bits per heavy atom. The summed E-state index contributed by atoms with van der Waals surface area (Å²) in [5.74, 6) is 0.543. The second-order valence-corrected chi connectivity index (χ2v) is 3.79. The van der Waals surface area contributed by atoms with Gasteiger partial charge in [-0.2, -0.15) is 9.78 Å². The third kappa shape index (κ3) is 2.89. The Morgan fingerprint density at radius 1 is 1.53 bits per heavy atom. The zero-order valence-corrected chi connectivity index (χ0v) is 10.5. The van der Waals surface area contributed by atoms with Crippen molar-refractivity contribution in [2.75, 3.05) is 26.0 Å². The van der Waals surface area contributed by atoms with Crippen LogP contribution >= 0.6 is 0 Å². The first kappa shape index (κ1) is 13.0. The minimum absolute atomic E-state index is 0.258. The summed E-state index contributed by atoms with van der Waals surface area (Å²) in [5.41, 5.74) is 6.23. The molecule has 2 aromatic heterocycles. The van der Waals surface area contributed by atoms with Gasteiger partial charge >= 0.3 is 0 Å². The monoisotopic (exact) mass is 261 g/mol. The van der Waals surface area contributed by atoms with Crippen LogP contribution in [0.3, 0.4) is 0 Å². The van der Waals surface area contributed by atoms with Gasteiger partial charge in [0, 0.05) is 19.9 Å². The number of carbonyl (C=O) groups is 1. The first-order valence-corrected chi connectivity index (χ1v) is 5.76. The minimum Gasteiger partial charge on any atom is -0.383 e. The van der Waals surface area contributed by atoms with Gasteiger partial charge in [0.1, 0.15) is 11.4 Å². The highest BCUT2D eigenvalue weighted by molar-refractivity contribution is 5.98. The summed E-state index contributed by atoms with van der Waals surface area (Å²) in [6, 6.07) is 5.37. The molecular formula is C12H15N5O2. The summed E-state index contributed by atoms with van der Waals surface area (Å²) in [5, 5.41) is 6.76. The molecule has 0 aromatic carbocycles. The first-order chi connectivity index (χ1) is 9.24. The molecule has 7 nitrogen and oxygen atoms in total. The van der Waals surface area contributed by atoms with E-state index in [1.54, 1.807) is 25.4 Å². The van der Waals surface area contributed by atoms with Crippen molar-refractivity contribution in [1.29, 1.82) is 0 Å². The van der Waals surface area contributed by atoms with Gasteiger partial charge in [0.15, 0.2) is 5.82 Å². The second-order valence-electron chi connectivity index (χ2n) is 3.79. The molecule has 0 aliphatic heterocycles. The second kappa shape index (κ2) is 5.96. The van der Waals surface area contributed by atoms with Crippen molar-refractivity contribution in [3.8, 4) is 5.82 Å². The van der Waals surface area contributed by atoms with Crippen molar-refractivity contribution >= 4 is 11.7 Å². The number of ether oxygens (including phenoxy) is 1. The van der Waals surface area contributed by atoms with Crippen LogP contribution in [-0.2, 0) is 4.74 Å². The van der Waals surface area contributed by atoms with E-state index in [2.05, 4.69) is 15.4 Å². The van der Waals surface area contributed by atoms with E-state index < -0.39 is 0 Å². The standard InChI is InChI=1S/C12H15N5O2/c1-19-7-6-15-12(18)9-8-16-17(11(9)13)10-4-2-3-5-14-10/h2-5,8H,6-7,13H2,1H3,(H,15,18). The topological polar surface area (TPSA) is 95.1 Å². The Labute approximate surface area is 110 Å². The molecule has 0 radical (unpaired) electrons. The van der Waals surface area contributed by atoms with Crippen molar-refractivity contribution in [3.05, 3.63) is 36.2 Å². The maximum Gasteiger partial charge on any atom is 0.256 e. The molecule has 0 spiro atoms. The fourth-order valence-electron chi connectivity index (χ4n) is 1.56. The van der Waals surface area contributed by atoms with Crippen LogP contribution in [-0.4, -0.2) is 40.9 Å². The van der Waals surface area contributed by atoms with Crippen molar-refractivity contribution < 1.29 is 9.53 Å². The van der Waals surface area contributed by atoms with Crippen LogP contribution in [0.5, 0.6) is 0 Å². The van der Waals surface area contributed by atoms with E-state index in [0.29, 0.717) is 24.5 Å². The number of carbonyl (C=O) groups excluding carboxylic acids is 1. The normalized spacial score (nSPS) is 10.4. The molecule has 0 atom stereocenters. The van der Waals surface area contributed by atoms with Crippen LogP contribution < -0.4 is 11.1 Å². The van der Waals surface area contributed by atoms with Crippen LogP contribution in [0.1, 0.15) is 10.4 Å². The average Bonchev–Trinajstić information content (AvgIpc) is 2.82. The molecule has 0 aliphatic rings. The average molecular weight is 261 g/mol. The number of hydrogen-bond donors (Lipinski definition) is 2. The van der Waals surface area contributed by atoms with Gasteiger partial charge in [-0.3, -0.25) is 4.79 Å². The van der Waals surface area contributed by atoms with Gasteiger partial charge in [0.2, 0.25) is 0 Å². The van der Waals surface area contributed by atoms with Gasteiger partial charge in [-0.25, -0.2) is 4.98 Å². The molecule has 2 aromatic rings. The van der Waals surface area contributed by atoms with Crippen molar-refractivity contribution in [2.24, 2.45) is 0 Å². The zero-order valence-electron chi connectivity index (χ0n) is 10.5. The number of amides is 1. The summed E-state index contributed by atoms with van der Waals surface area (Å²) in [6.45, 7) is 0.865. The molecule has 2 heterocycles. The van der Waals surface area contributed by atoms with E-state index in [1.807, 2.05) is 6.07 Å². The van der Waals surface area contributed by atoms with E-state index in [9.17, 15) is 4.79 Å². The molecule has 2 rings (SSSR count). The third-order valence-corrected chi connectivity index (χ3v) is 2.51. The maximum atomic E-state index is 11.9. The number of pyridine rings is 1. The largest absolute Gasteiger partial charge is 0.383 e. The molecule has 0 aliphatic carbocycles. The summed E-state index contributed by atoms with van der Waals surface area (Å²) in [7, 11) is 1.57. The smallest absolute Gasteiger partial charge is 0.256 e. The van der Waals surface area contributed by atoms with Gasteiger partial charge in [-0.15, -0.1) is 0 Å². The van der Waals surface area contributed by atoms with E-state index in [-0.39, 0.29) is 11.7 Å². The molecule has 0 fully saturated rings. The van der Waals surface area contributed by atoms with Gasteiger partial charge in [0.05, 0.1) is 12.8 Å². The molecule has 100 valence electrons. The lowest BCUT2D eigenvalue weighted by molar-refractivity contribution is 0.0938. The number of nitrogens with zero attached hydrogens (tertiary/aromatic N) is 3. The molecule has 0 bridgehead atoms. The summed E-state index contributed by atoms with van der Waals surface area (Å²) in [4.78, 5) is 16.0. The number of anilines is 1. The quantitative estimate of drug-likeness (QED) is 0.751. The first-order valence-electron chi connectivity index (χ1n) is 5.76. The molecule has 19 heavy (non-hydrogen) atoms. The van der Waals surface area contributed by atoms with E-state index in [0.717, 1.165) is 0 Å². The number of nitrogens with one attached hydrogen (secondary N) is 1. The molecule has 7 heteroatoms. The van der Waals surface area contributed by atoms with Crippen LogP contribution in [0, 0.1) is 0 Å². The van der Waals surface area contributed by atoms with Crippen molar-refractivity contribution in [3.63, 3.8) is 0 Å². The fraction of sp³-hybridized carbons (Fsp3) is 0.250. The van der Waals surface area contributed by atoms with Crippen LogP contribution in [0.2, 0.25) is 0 Å². The molecule has 3 N–H and O–H groups in total. The molecular weight excluding hydrogens is 246 g/mol. The number of methoxy groups -OCH3 is 1. The Kier molecular flexibility index (Phi) is 4.09. The highest BCUT2D eigenvalue weighted by atomic mass is 16.5. The predicted molar refractivity (Wildman–Crippen MR) is 70.0 cm³/mol. The highest BCUT2D eigenvalue weighted by Gasteiger charge is 2.15. The van der Waals surface area contributed by atoms with E-state index >= 15 is 0 Å². The van der Waals surface area contributed by atoms with Crippen molar-refractivity contribution in [1.82, 2.24) is 20.1 Å². The lowest BCUT2D eigenvalue weighted by atomic mass is 10.3. The Hall–Kier alpha value is -2.41. The Bertz CT molecular complexity index is 553. The van der Waals surface area contributed by atoms with Gasteiger partial charge < -0.3 is 15.8 Å². The summed E-state index contributed by atoms with van der Waals surface area (Å²) >= 11 is 0. The highest BCUT2D eigenvalue weighted by Crippen LogP contribution is 2.14. The van der Waals surface area contributed by atoms with Crippen molar-refractivity contribution in [2.45, 2.75) is 0 Å². The predicted octanol–water partition coefficient (Wildman–Crippen LogP) is 0.226. The summed E-state index contributed by atoms with van der Waals surface area (Å²) < 4.78 is 6.28. The Balaban J connectivity index is 2.17. The molecule has 0 saturated carbocycles. The number of rotatable bonds is 5. The van der Waals surface area contributed by atoms with Crippen LogP contribution in [0.4, 0.5) is 5.82 Å². The molecule has 1 amide bonds. The Morgan fingerprint density at radius 2 is 2.37 bits per heavy atom. The minimum atomic E-state index is -0.281. The van der Waals surface area contributed by atoms with Gasteiger partial charge in [-0.05, 0) is 12.1 Å². The lowest BCUT2D eigenvalue weighted by Gasteiger charge is -2.05. The summed E-state index contributed by atoms with van der Waals surface area (Å²) in [6.07, 6.45) is 3.06. The number of aromatic nitrogens is 3. The fourth-order valence-corrected chi connectivity index (χ4v) is 1.56. The number of nitrogen functional groups attached to an aromatic ring is 1.